The maximum absolute atomic E-state index is 12.1. The van der Waals surface area contributed by atoms with E-state index in [1.165, 1.54) is 18.7 Å². The van der Waals surface area contributed by atoms with Crippen molar-refractivity contribution in [2.75, 3.05) is 25.0 Å². The van der Waals surface area contributed by atoms with E-state index in [-0.39, 0.29) is 5.91 Å². The minimum atomic E-state index is 0.0429. The van der Waals surface area contributed by atoms with Crippen LogP contribution in [0.15, 0.2) is 54.6 Å². The Bertz CT molecular complexity index is 667. The van der Waals surface area contributed by atoms with Crippen LogP contribution in [0.2, 0.25) is 5.02 Å². The topological polar surface area (TPSA) is 50.1 Å². The number of hydrogen-bond acceptors (Lipinski definition) is 1. The Morgan fingerprint density at radius 1 is 1.08 bits per heavy atom. The number of amides is 1. The summed E-state index contributed by atoms with van der Waals surface area (Å²) in [5, 5.41) is 5.78. The lowest BCUT2D eigenvalue weighted by Gasteiger charge is -2.28. The number of carbonyl (C=O) groups is 1. The van der Waals surface area contributed by atoms with Crippen molar-refractivity contribution in [3.63, 3.8) is 0 Å². The van der Waals surface area contributed by atoms with Crippen molar-refractivity contribution in [1.82, 2.24) is 0 Å². The van der Waals surface area contributed by atoms with Crippen LogP contribution in [0.4, 0.5) is 5.69 Å². The second kappa shape index (κ2) is 8.99. The van der Waals surface area contributed by atoms with Gasteiger partial charge in [0, 0.05) is 29.1 Å². The molecule has 1 aliphatic rings. The van der Waals surface area contributed by atoms with Crippen molar-refractivity contribution >= 4 is 23.2 Å². The van der Waals surface area contributed by atoms with E-state index in [1.54, 1.807) is 17.0 Å². The quantitative estimate of drug-likeness (QED) is 0.710. The minimum absolute atomic E-state index is 0.0429. The van der Waals surface area contributed by atoms with Gasteiger partial charge in [0.1, 0.15) is 6.54 Å². The zero-order valence-electron chi connectivity index (χ0n) is 14.4. The lowest BCUT2D eigenvalue weighted by atomic mass is 10.0. The van der Waals surface area contributed by atoms with E-state index < -0.39 is 0 Å². The smallest absolute Gasteiger partial charge is 0.279 e. The number of hydrogen-bond donors (Lipinski definition) is 3. The number of quaternary nitrogens is 2. The highest BCUT2D eigenvalue weighted by Crippen LogP contribution is 2.12. The van der Waals surface area contributed by atoms with Gasteiger partial charge in [0.05, 0.1) is 19.1 Å². The van der Waals surface area contributed by atoms with Crippen molar-refractivity contribution in [1.29, 1.82) is 0 Å². The van der Waals surface area contributed by atoms with Crippen LogP contribution in [-0.2, 0) is 11.3 Å². The van der Waals surface area contributed by atoms with Crippen molar-refractivity contribution in [3.8, 4) is 0 Å². The molecule has 1 heterocycles. The standard InChI is InChI=1S/C20H24ClN3O/c21-17-6-8-19(9-7-17)23-20(25)14-22-18-10-12-24(13-11-18)15-16-4-2-1-3-5-16/h1-9,18,22H,10-15H2,(H,23,25)/p+2. The fourth-order valence-electron chi connectivity index (χ4n) is 3.36. The first-order chi connectivity index (χ1) is 12.2. The third-order valence-electron chi connectivity index (χ3n) is 4.80. The zero-order chi connectivity index (χ0) is 17.5. The molecule has 0 aliphatic carbocycles. The molecule has 0 atom stereocenters. The molecule has 1 saturated heterocycles. The summed E-state index contributed by atoms with van der Waals surface area (Å²) in [6.45, 7) is 3.93. The fraction of sp³-hybridized carbons (Fsp3) is 0.350. The molecule has 3 rings (SSSR count). The molecule has 0 spiro atoms. The van der Waals surface area contributed by atoms with Crippen molar-refractivity contribution in [3.05, 3.63) is 65.2 Å². The van der Waals surface area contributed by atoms with E-state index in [9.17, 15) is 4.79 Å². The van der Waals surface area contributed by atoms with Gasteiger partial charge in [0.15, 0.2) is 6.54 Å². The molecule has 5 heteroatoms. The molecule has 1 fully saturated rings. The first-order valence-corrected chi connectivity index (χ1v) is 9.33. The van der Waals surface area contributed by atoms with Gasteiger partial charge in [-0.25, -0.2) is 0 Å². The van der Waals surface area contributed by atoms with E-state index in [0.29, 0.717) is 17.6 Å². The molecule has 4 nitrogen and oxygen atoms in total. The van der Waals surface area contributed by atoms with Gasteiger partial charge >= 0.3 is 0 Å². The summed E-state index contributed by atoms with van der Waals surface area (Å²) in [7, 11) is 0. The van der Waals surface area contributed by atoms with Crippen LogP contribution in [0.5, 0.6) is 0 Å². The predicted octanol–water partition coefficient (Wildman–Crippen LogP) is 1.09. The van der Waals surface area contributed by atoms with Gasteiger partial charge in [0.25, 0.3) is 5.91 Å². The Morgan fingerprint density at radius 3 is 2.44 bits per heavy atom. The van der Waals surface area contributed by atoms with Crippen LogP contribution in [0.25, 0.3) is 0 Å². The van der Waals surface area contributed by atoms with Crippen LogP contribution in [0.3, 0.4) is 0 Å². The van der Waals surface area contributed by atoms with Crippen LogP contribution in [0, 0.1) is 0 Å². The Balaban J connectivity index is 1.36. The lowest BCUT2D eigenvalue weighted by molar-refractivity contribution is -0.925. The SMILES string of the molecule is O=C(C[NH2+]C1CC[NH+](Cc2ccccc2)CC1)Nc1ccc(Cl)cc1. The van der Waals surface area contributed by atoms with E-state index in [4.69, 9.17) is 11.6 Å². The first kappa shape index (κ1) is 17.9. The molecule has 25 heavy (non-hydrogen) atoms. The number of benzene rings is 2. The average Bonchev–Trinajstić information content (AvgIpc) is 2.64. The molecule has 0 radical (unpaired) electrons. The summed E-state index contributed by atoms with van der Waals surface area (Å²) in [5.41, 5.74) is 2.20. The molecule has 132 valence electrons. The summed E-state index contributed by atoms with van der Waals surface area (Å²) in [5.74, 6) is 0.0429. The second-order valence-corrected chi connectivity index (χ2v) is 7.18. The van der Waals surface area contributed by atoms with Crippen LogP contribution >= 0.6 is 11.6 Å². The Morgan fingerprint density at radius 2 is 1.76 bits per heavy atom. The van der Waals surface area contributed by atoms with E-state index >= 15 is 0 Å². The number of halogens is 1. The molecule has 4 N–H and O–H groups in total. The number of piperidine rings is 1. The van der Waals surface area contributed by atoms with Crippen LogP contribution in [0.1, 0.15) is 18.4 Å². The largest absolute Gasteiger partial charge is 0.336 e. The highest BCUT2D eigenvalue weighted by Gasteiger charge is 2.24. The number of carbonyl (C=O) groups excluding carboxylic acids is 1. The molecule has 0 aromatic heterocycles. The molecular weight excluding hydrogens is 334 g/mol. The zero-order valence-corrected chi connectivity index (χ0v) is 15.1. The summed E-state index contributed by atoms with van der Waals surface area (Å²) < 4.78 is 0. The number of rotatable bonds is 6. The minimum Gasteiger partial charge on any atom is -0.336 e. The maximum atomic E-state index is 12.1. The predicted molar refractivity (Wildman–Crippen MR) is 101 cm³/mol. The summed E-state index contributed by atoms with van der Waals surface area (Å²) in [6, 6.07) is 18.4. The molecule has 0 bridgehead atoms. The van der Waals surface area contributed by atoms with Crippen molar-refractivity contribution < 1.29 is 15.0 Å². The van der Waals surface area contributed by atoms with E-state index in [1.807, 2.05) is 12.1 Å². The van der Waals surface area contributed by atoms with Gasteiger partial charge < -0.3 is 15.5 Å². The normalized spacial score (nSPS) is 20.2. The third kappa shape index (κ3) is 5.85. The van der Waals surface area contributed by atoms with Gasteiger partial charge in [-0.05, 0) is 24.3 Å². The van der Waals surface area contributed by atoms with Crippen LogP contribution in [-0.4, -0.2) is 31.6 Å². The van der Waals surface area contributed by atoms with Crippen molar-refractivity contribution in [2.24, 2.45) is 0 Å². The first-order valence-electron chi connectivity index (χ1n) is 8.95. The summed E-state index contributed by atoms with van der Waals surface area (Å²) >= 11 is 5.85. The Hall–Kier alpha value is -1.88. The molecular formula is C20H26ClN3O+2. The van der Waals surface area contributed by atoms with Gasteiger partial charge in [0.2, 0.25) is 0 Å². The van der Waals surface area contributed by atoms with Gasteiger partial charge in [-0.1, -0.05) is 41.9 Å². The number of anilines is 1. The van der Waals surface area contributed by atoms with Crippen molar-refractivity contribution in [2.45, 2.75) is 25.4 Å². The number of nitrogens with two attached hydrogens (primary N) is 1. The number of likely N-dealkylation sites (tertiary alicyclic amines) is 1. The molecule has 0 unspecified atom stereocenters. The fourth-order valence-corrected chi connectivity index (χ4v) is 3.49. The van der Waals surface area contributed by atoms with Gasteiger partial charge in [-0.15, -0.1) is 0 Å². The maximum Gasteiger partial charge on any atom is 0.279 e. The van der Waals surface area contributed by atoms with E-state index in [0.717, 1.165) is 25.1 Å². The second-order valence-electron chi connectivity index (χ2n) is 6.74. The lowest BCUT2D eigenvalue weighted by Crippen LogP contribution is -3.13. The monoisotopic (exact) mass is 359 g/mol. The summed E-state index contributed by atoms with van der Waals surface area (Å²) in [4.78, 5) is 13.7. The van der Waals surface area contributed by atoms with Gasteiger partial charge in [-0.2, -0.15) is 0 Å². The Kier molecular flexibility index (Phi) is 6.45. The van der Waals surface area contributed by atoms with E-state index in [2.05, 4.69) is 41.0 Å². The molecule has 2 aromatic carbocycles. The molecule has 0 saturated carbocycles. The molecule has 2 aromatic rings. The molecule has 1 amide bonds. The van der Waals surface area contributed by atoms with Crippen LogP contribution < -0.4 is 15.5 Å². The molecule has 1 aliphatic heterocycles. The summed E-state index contributed by atoms with van der Waals surface area (Å²) in [6.07, 6.45) is 2.33. The highest BCUT2D eigenvalue weighted by atomic mass is 35.5. The third-order valence-corrected chi connectivity index (χ3v) is 5.05. The Labute approximate surface area is 154 Å². The highest BCUT2D eigenvalue weighted by molar-refractivity contribution is 6.30. The number of nitrogens with one attached hydrogen (secondary N) is 2. The van der Waals surface area contributed by atoms with Gasteiger partial charge in [-0.3, -0.25) is 4.79 Å². The average molecular weight is 360 g/mol.